The van der Waals surface area contributed by atoms with Crippen molar-refractivity contribution in [1.29, 1.82) is 0 Å². The summed E-state index contributed by atoms with van der Waals surface area (Å²) in [4.78, 5) is 24.1. The highest BCUT2D eigenvalue weighted by molar-refractivity contribution is 6.30. The molecule has 0 radical (unpaired) electrons. The van der Waals surface area contributed by atoms with Crippen LogP contribution in [0.3, 0.4) is 0 Å². The maximum absolute atomic E-state index is 11.8. The molecule has 2 N–H and O–H groups in total. The van der Waals surface area contributed by atoms with Crippen LogP contribution in [0.1, 0.15) is 18.9 Å². The summed E-state index contributed by atoms with van der Waals surface area (Å²) in [6, 6.07) is 5.86. The molecule has 0 spiro atoms. The zero-order valence-electron chi connectivity index (χ0n) is 10.9. The average Bonchev–Trinajstić information content (AvgIpc) is 2.37. The van der Waals surface area contributed by atoms with E-state index in [0.29, 0.717) is 18.0 Å². The molecule has 0 saturated carbocycles. The molecular weight excluding hydrogens is 268 g/mol. The maximum atomic E-state index is 11.8. The van der Waals surface area contributed by atoms with Crippen LogP contribution in [0.5, 0.6) is 0 Å². The summed E-state index contributed by atoms with van der Waals surface area (Å²) < 4.78 is 0. The van der Waals surface area contributed by atoms with E-state index >= 15 is 0 Å². The number of urea groups is 1. The number of carboxylic acids is 1. The molecule has 0 aliphatic rings. The first-order chi connectivity index (χ1) is 8.93. The van der Waals surface area contributed by atoms with Crippen LogP contribution in [0, 0.1) is 0 Å². The van der Waals surface area contributed by atoms with Gasteiger partial charge < -0.3 is 15.3 Å². The summed E-state index contributed by atoms with van der Waals surface area (Å²) in [7, 11) is 1.61. The third-order valence-electron chi connectivity index (χ3n) is 2.68. The molecule has 0 bridgehead atoms. The lowest BCUT2D eigenvalue weighted by atomic mass is 10.2. The van der Waals surface area contributed by atoms with Crippen LogP contribution in [0.2, 0.25) is 5.02 Å². The zero-order chi connectivity index (χ0) is 14.4. The van der Waals surface area contributed by atoms with Gasteiger partial charge in [-0.2, -0.15) is 0 Å². The number of nitrogens with zero attached hydrogens (tertiary/aromatic N) is 1. The first-order valence-corrected chi connectivity index (χ1v) is 6.30. The van der Waals surface area contributed by atoms with Crippen LogP contribution in [0.25, 0.3) is 0 Å². The highest BCUT2D eigenvalue weighted by atomic mass is 35.5. The Morgan fingerprint density at radius 3 is 2.42 bits per heavy atom. The van der Waals surface area contributed by atoms with Gasteiger partial charge in [0.1, 0.15) is 6.04 Å². The molecule has 0 saturated heterocycles. The number of halogens is 1. The van der Waals surface area contributed by atoms with Crippen LogP contribution >= 0.6 is 11.6 Å². The molecule has 0 heterocycles. The number of aliphatic carboxylic acids is 1. The summed E-state index contributed by atoms with van der Waals surface area (Å²) in [5.41, 5.74) is 0.922. The van der Waals surface area contributed by atoms with Gasteiger partial charge in [-0.3, -0.25) is 0 Å². The molecule has 0 aliphatic heterocycles. The first-order valence-electron chi connectivity index (χ1n) is 5.93. The van der Waals surface area contributed by atoms with Gasteiger partial charge in [0.25, 0.3) is 0 Å². The summed E-state index contributed by atoms with van der Waals surface area (Å²) in [6.07, 6.45) is 0.343. The molecule has 0 aromatic heterocycles. The standard InChI is InChI=1S/C13H17ClN2O3/c1-3-11(12(17)18)15-13(19)16(2)8-9-4-6-10(14)7-5-9/h4-7,11H,3,8H2,1-2H3,(H,15,19)(H,17,18)/t11-/m1/s1. The minimum Gasteiger partial charge on any atom is -0.480 e. The van der Waals surface area contributed by atoms with E-state index in [2.05, 4.69) is 5.32 Å². The van der Waals surface area contributed by atoms with Crippen LogP contribution in [-0.2, 0) is 11.3 Å². The summed E-state index contributed by atoms with van der Waals surface area (Å²) in [6.45, 7) is 2.09. The lowest BCUT2D eigenvalue weighted by molar-refractivity contribution is -0.139. The molecule has 0 unspecified atom stereocenters. The van der Waals surface area contributed by atoms with E-state index in [0.717, 1.165) is 5.56 Å². The zero-order valence-corrected chi connectivity index (χ0v) is 11.6. The van der Waals surface area contributed by atoms with E-state index in [9.17, 15) is 9.59 Å². The highest BCUT2D eigenvalue weighted by Crippen LogP contribution is 2.11. The molecule has 0 fully saturated rings. The SMILES string of the molecule is CC[C@@H](NC(=O)N(C)Cc1ccc(Cl)cc1)C(=O)O. The van der Waals surface area contributed by atoms with Gasteiger partial charge in [0.05, 0.1) is 0 Å². The third-order valence-corrected chi connectivity index (χ3v) is 2.94. The molecule has 0 aliphatic carbocycles. The number of hydrogen-bond acceptors (Lipinski definition) is 2. The van der Waals surface area contributed by atoms with Crippen molar-refractivity contribution in [2.75, 3.05) is 7.05 Å². The van der Waals surface area contributed by atoms with Crippen molar-refractivity contribution >= 4 is 23.6 Å². The Hall–Kier alpha value is -1.75. The van der Waals surface area contributed by atoms with Gasteiger partial charge in [-0.15, -0.1) is 0 Å². The van der Waals surface area contributed by atoms with Crippen molar-refractivity contribution in [3.8, 4) is 0 Å². The first kappa shape index (κ1) is 15.3. The molecule has 19 heavy (non-hydrogen) atoms. The number of nitrogens with one attached hydrogen (secondary N) is 1. The van der Waals surface area contributed by atoms with Crippen molar-refractivity contribution in [3.63, 3.8) is 0 Å². The number of amides is 2. The smallest absolute Gasteiger partial charge is 0.326 e. The van der Waals surface area contributed by atoms with E-state index < -0.39 is 18.0 Å². The number of rotatable bonds is 5. The normalized spacial score (nSPS) is 11.7. The Morgan fingerprint density at radius 2 is 1.95 bits per heavy atom. The average molecular weight is 285 g/mol. The predicted molar refractivity (Wildman–Crippen MR) is 73.2 cm³/mol. The lowest BCUT2D eigenvalue weighted by Crippen LogP contribution is -2.46. The predicted octanol–water partition coefficient (Wildman–Crippen LogP) is 2.34. The fraction of sp³-hybridized carbons (Fsp3) is 0.385. The van der Waals surface area contributed by atoms with Crippen molar-refractivity contribution in [3.05, 3.63) is 34.9 Å². The van der Waals surface area contributed by atoms with Crippen LogP contribution < -0.4 is 5.32 Å². The highest BCUT2D eigenvalue weighted by Gasteiger charge is 2.19. The monoisotopic (exact) mass is 284 g/mol. The van der Waals surface area contributed by atoms with E-state index in [1.54, 1.807) is 26.1 Å². The van der Waals surface area contributed by atoms with E-state index in [-0.39, 0.29) is 0 Å². The fourth-order valence-electron chi connectivity index (χ4n) is 1.53. The fourth-order valence-corrected chi connectivity index (χ4v) is 1.66. The maximum Gasteiger partial charge on any atom is 0.326 e. The second-order valence-corrected chi connectivity index (χ2v) is 4.67. The Kier molecular flexibility index (Phi) is 5.63. The Bertz CT molecular complexity index is 448. The number of carbonyl (C=O) groups excluding carboxylic acids is 1. The topological polar surface area (TPSA) is 69.6 Å². The molecule has 1 aromatic carbocycles. The van der Waals surface area contributed by atoms with Gasteiger partial charge in [0.15, 0.2) is 0 Å². The summed E-state index contributed by atoms with van der Waals surface area (Å²) >= 11 is 5.78. The molecular formula is C13H17ClN2O3. The molecule has 1 aromatic rings. The quantitative estimate of drug-likeness (QED) is 0.872. The Morgan fingerprint density at radius 1 is 1.37 bits per heavy atom. The molecule has 2 amide bonds. The number of carboxylic acid groups (broad SMARTS) is 1. The minimum atomic E-state index is -1.03. The van der Waals surface area contributed by atoms with Crippen LogP contribution in [0.4, 0.5) is 4.79 Å². The van der Waals surface area contributed by atoms with Crippen molar-refractivity contribution in [2.45, 2.75) is 25.9 Å². The lowest BCUT2D eigenvalue weighted by Gasteiger charge is -2.20. The number of carbonyl (C=O) groups is 2. The van der Waals surface area contributed by atoms with E-state index in [1.807, 2.05) is 12.1 Å². The van der Waals surface area contributed by atoms with E-state index in [4.69, 9.17) is 16.7 Å². The van der Waals surface area contributed by atoms with Crippen molar-refractivity contribution in [2.24, 2.45) is 0 Å². The van der Waals surface area contributed by atoms with Gasteiger partial charge in [-0.1, -0.05) is 30.7 Å². The second kappa shape index (κ2) is 6.99. The third kappa shape index (κ3) is 4.79. The van der Waals surface area contributed by atoms with Crippen molar-refractivity contribution in [1.82, 2.24) is 10.2 Å². The Labute approximate surface area is 117 Å². The Balaban J connectivity index is 2.57. The van der Waals surface area contributed by atoms with Crippen LogP contribution in [-0.4, -0.2) is 35.1 Å². The molecule has 5 nitrogen and oxygen atoms in total. The van der Waals surface area contributed by atoms with Gasteiger partial charge in [0.2, 0.25) is 0 Å². The minimum absolute atomic E-state index is 0.343. The largest absolute Gasteiger partial charge is 0.480 e. The van der Waals surface area contributed by atoms with E-state index in [1.165, 1.54) is 4.90 Å². The van der Waals surface area contributed by atoms with Crippen molar-refractivity contribution < 1.29 is 14.7 Å². The summed E-state index contributed by atoms with van der Waals surface area (Å²) in [5, 5.41) is 12.0. The van der Waals surface area contributed by atoms with Gasteiger partial charge in [-0.25, -0.2) is 9.59 Å². The molecule has 1 rings (SSSR count). The number of hydrogen-bond donors (Lipinski definition) is 2. The van der Waals surface area contributed by atoms with Gasteiger partial charge in [-0.05, 0) is 24.1 Å². The van der Waals surface area contributed by atoms with Gasteiger partial charge in [0, 0.05) is 18.6 Å². The molecule has 6 heteroatoms. The van der Waals surface area contributed by atoms with Crippen LogP contribution in [0.15, 0.2) is 24.3 Å². The molecule has 1 atom stereocenters. The number of benzene rings is 1. The molecule has 104 valence electrons. The summed E-state index contributed by atoms with van der Waals surface area (Å²) in [5.74, 6) is -1.03. The van der Waals surface area contributed by atoms with Gasteiger partial charge >= 0.3 is 12.0 Å². The second-order valence-electron chi connectivity index (χ2n) is 4.23.